The van der Waals surface area contributed by atoms with E-state index in [0.717, 1.165) is 11.8 Å². The van der Waals surface area contributed by atoms with E-state index < -0.39 is 16.1 Å². The lowest BCUT2D eigenvalue weighted by atomic mass is 9.91. The van der Waals surface area contributed by atoms with Crippen LogP contribution in [-0.2, 0) is 0 Å². The Balaban J connectivity index is 2.56. The predicted octanol–water partition coefficient (Wildman–Crippen LogP) is 4.80. The van der Waals surface area contributed by atoms with Gasteiger partial charge >= 0.3 is 0 Å². The van der Waals surface area contributed by atoms with Gasteiger partial charge in [0.15, 0.2) is 0 Å². The summed E-state index contributed by atoms with van der Waals surface area (Å²) in [6.07, 6.45) is 11.1. The van der Waals surface area contributed by atoms with Gasteiger partial charge in [-0.15, -0.1) is 0 Å². The fraction of sp³-hybridized carbons (Fsp3) is 0.600. The van der Waals surface area contributed by atoms with Gasteiger partial charge in [-0.25, -0.2) is 0 Å². The topological polar surface area (TPSA) is 0 Å². The van der Waals surface area contributed by atoms with Crippen molar-refractivity contribution in [3.8, 4) is 0 Å². The summed E-state index contributed by atoms with van der Waals surface area (Å²) < 4.78 is 0. The zero-order valence-corrected chi connectivity index (χ0v) is 14.2. The Morgan fingerprint density at radius 3 is 2.12 bits per heavy atom. The van der Waals surface area contributed by atoms with Crippen molar-refractivity contribution < 1.29 is 0 Å². The van der Waals surface area contributed by atoms with Gasteiger partial charge in [0.25, 0.3) is 0 Å². The molecular weight excluding hydrogens is 236 g/mol. The first-order valence-corrected chi connectivity index (χ1v) is 13.8. The van der Waals surface area contributed by atoms with Crippen molar-refractivity contribution in [2.45, 2.75) is 45.7 Å². The summed E-state index contributed by atoms with van der Waals surface area (Å²) >= 11 is 0. The molecule has 2 heteroatoms. The van der Waals surface area contributed by atoms with Gasteiger partial charge in [-0.05, 0) is 12.3 Å². The summed E-state index contributed by atoms with van der Waals surface area (Å²) in [5.74, 6) is 1.52. The van der Waals surface area contributed by atoms with Crippen molar-refractivity contribution in [2.75, 3.05) is 0 Å². The molecule has 2 aliphatic rings. The third-order valence-corrected chi connectivity index (χ3v) is 8.48. The Hall–Kier alpha value is -0.346. The van der Waals surface area contributed by atoms with E-state index in [0.29, 0.717) is 0 Å². The molecule has 0 saturated heterocycles. The van der Waals surface area contributed by atoms with E-state index in [1.165, 1.54) is 6.42 Å². The monoisotopic (exact) mass is 262 g/mol. The molecule has 0 spiro atoms. The van der Waals surface area contributed by atoms with Gasteiger partial charge in [0.1, 0.15) is 0 Å². The van der Waals surface area contributed by atoms with Crippen molar-refractivity contribution in [1.82, 2.24) is 0 Å². The Bertz CT molecular complexity index is 400. The van der Waals surface area contributed by atoms with E-state index in [1.807, 2.05) is 5.20 Å². The van der Waals surface area contributed by atoms with Gasteiger partial charge in [-0.2, -0.15) is 0 Å². The molecule has 0 nitrogen and oxygen atoms in total. The maximum atomic E-state index is 2.52. The Morgan fingerprint density at radius 1 is 0.941 bits per heavy atom. The highest BCUT2D eigenvalue weighted by Gasteiger charge is 2.38. The van der Waals surface area contributed by atoms with Gasteiger partial charge in [0.2, 0.25) is 0 Å². The molecule has 0 aromatic carbocycles. The van der Waals surface area contributed by atoms with E-state index in [2.05, 4.69) is 63.6 Å². The quantitative estimate of drug-likeness (QED) is 0.495. The second-order valence-electron chi connectivity index (χ2n) is 7.54. The van der Waals surface area contributed by atoms with E-state index in [9.17, 15) is 0 Å². The van der Waals surface area contributed by atoms with Gasteiger partial charge < -0.3 is 0 Å². The van der Waals surface area contributed by atoms with Crippen LogP contribution in [0.2, 0.25) is 39.3 Å². The Kier molecular flexibility index (Phi) is 3.15. The summed E-state index contributed by atoms with van der Waals surface area (Å²) in [6, 6.07) is 0. The predicted molar refractivity (Wildman–Crippen MR) is 83.6 cm³/mol. The van der Waals surface area contributed by atoms with Crippen molar-refractivity contribution in [2.24, 2.45) is 11.8 Å². The summed E-state index contributed by atoms with van der Waals surface area (Å²) in [5.41, 5.74) is 0. The van der Waals surface area contributed by atoms with Gasteiger partial charge in [-0.3, -0.25) is 0 Å². The van der Waals surface area contributed by atoms with Crippen molar-refractivity contribution >= 4 is 16.1 Å². The smallest absolute Gasteiger partial charge is 0.0770 e. The second-order valence-corrected chi connectivity index (χ2v) is 17.6. The van der Waals surface area contributed by atoms with Crippen molar-refractivity contribution in [3.05, 3.63) is 34.7 Å². The SMILES string of the molecule is C[Si](C)(C)C1=C([Si](C)(C)C)[C@@H]2C=CC[C@@H]2C=C1. The Labute approximate surface area is 109 Å². The van der Waals surface area contributed by atoms with E-state index in [4.69, 9.17) is 0 Å². The standard InChI is InChI=1S/C15H26Si2/c1-16(2,3)14-11-10-12-8-7-9-13(12)15(14)17(4,5)6/h7,9-13H,8H2,1-6H3/t12-,13-/m1/s1. The molecule has 2 atom stereocenters. The van der Waals surface area contributed by atoms with Crippen LogP contribution in [0.1, 0.15) is 6.42 Å². The number of hydrogen-bond donors (Lipinski definition) is 0. The molecule has 0 bridgehead atoms. The van der Waals surface area contributed by atoms with E-state index >= 15 is 0 Å². The first-order valence-electron chi connectivity index (χ1n) is 6.81. The van der Waals surface area contributed by atoms with Crippen LogP contribution in [0.25, 0.3) is 0 Å². The highest BCUT2D eigenvalue weighted by Crippen LogP contribution is 2.43. The molecule has 0 N–H and O–H groups in total. The van der Waals surface area contributed by atoms with Crippen LogP contribution in [-0.4, -0.2) is 16.1 Å². The molecule has 0 unspecified atom stereocenters. The van der Waals surface area contributed by atoms with Crippen LogP contribution in [0.3, 0.4) is 0 Å². The zero-order valence-electron chi connectivity index (χ0n) is 12.2. The average molecular weight is 263 g/mol. The van der Waals surface area contributed by atoms with Crippen LogP contribution in [0.5, 0.6) is 0 Å². The number of hydrogen-bond acceptors (Lipinski definition) is 0. The molecule has 0 aromatic rings. The van der Waals surface area contributed by atoms with Gasteiger partial charge in [-0.1, -0.05) is 74.0 Å². The highest BCUT2D eigenvalue weighted by atomic mass is 28.3. The first-order chi connectivity index (χ1) is 7.71. The minimum atomic E-state index is -1.20. The maximum absolute atomic E-state index is 2.52. The third-order valence-electron chi connectivity index (χ3n) is 3.96. The molecule has 17 heavy (non-hydrogen) atoms. The molecule has 0 aromatic heterocycles. The largest absolute Gasteiger partial charge is 0.0873 e. The van der Waals surface area contributed by atoms with Gasteiger partial charge in [0.05, 0.1) is 16.1 Å². The Morgan fingerprint density at radius 2 is 1.59 bits per heavy atom. The molecule has 0 saturated carbocycles. The van der Waals surface area contributed by atoms with Gasteiger partial charge in [0, 0.05) is 5.92 Å². The molecule has 0 heterocycles. The lowest BCUT2D eigenvalue weighted by molar-refractivity contribution is 0.581. The van der Waals surface area contributed by atoms with Crippen LogP contribution in [0.4, 0.5) is 0 Å². The molecule has 0 aliphatic heterocycles. The normalized spacial score (nSPS) is 28.8. The lowest BCUT2D eigenvalue weighted by Gasteiger charge is -2.38. The summed E-state index contributed by atoms with van der Waals surface area (Å²) in [4.78, 5) is 0. The molecule has 0 radical (unpaired) electrons. The van der Waals surface area contributed by atoms with Crippen LogP contribution in [0, 0.1) is 11.8 Å². The fourth-order valence-corrected chi connectivity index (χ4v) is 9.25. The zero-order chi connectivity index (χ0) is 12.8. The highest BCUT2D eigenvalue weighted by molar-refractivity contribution is 6.89. The van der Waals surface area contributed by atoms with Crippen molar-refractivity contribution in [3.63, 3.8) is 0 Å². The van der Waals surface area contributed by atoms with Crippen molar-refractivity contribution in [1.29, 1.82) is 0 Å². The van der Waals surface area contributed by atoms with Crippen LogP contribution < -0.4 is 0 Å². The molecule has 2 rings (SSSR count). The maximum Gasteiger partial charge on any atom is 0.0770 e. The number of rotatable bonds is 2. The molecule has 94 valence electrons. The first kappa shape index (κ1) is 13.1. The summed E-state index contributed by atoms with van der Waals surface area (Å²) in [6.45, 7) is 15.0. The second kappa shape index (κ2) is 4.09. The minimum Gasteiger partial charge on any atom is -0.0873 e. The van der Waals surface area contributed by atoms with Crippen LogP contribution in [0.15, 0.2) is 34.7 Å². The van der Waals surface area contributed by atoms with E-state index in [1.54, 1.807) is 5.20 Å². The molecule has 0 amide bonds. The molecule has 2 aliphatic carbocycles. The number of allylic oxidation sites excluding steroid dienone is 6. The fourth-order valence-electron chi connectivity index (χ4n) is 3.23. The number of fused-ring (bicyclic) bond motifs is 1. The molecule has 0 fully saturated rings. The lowest BCUT2D eigenvalue weighted by Crippen LogP contribution is -2.38. The van der Waals surface area contributed by atoms with Crippen LogP contribution >= 0.6 is 0 Å². The average Bonchev–Trinajstić information content (AvgIpc) is 2.59. The molecular formula is C15H26Si2. The minimum absolute atomic E-state index is 0.744. The van der Waals surface area contributed by atoms with E-state index in [-0.39, 0.29) is 0 Å². The third kappa shape index (κ3) is 2.43. The summed E-state index contributed by atoms with van der Waals surface area (Å²) in [7, 11) is -2.40. The summed E-state index contributed by atoms with van der Waals surface area (Å²) in [5, 5.41) is 3.61.